The summed E-state index contributed by atoms with van der Waals surface area (Å²) >= 11 is 0. The van der Waals surface area contributed by atoms with E-state index in [1.54, 1.807) is 0 Å². The van der Waals surface area contributed by atoms with Gasteiger partial charge >= 0.3 is 29.6 Å². The maximum Gasteiger partial charge on any atom is 1.00 e. The first-order valence-electron chi connectivity index (χ1n) is 12.3. The molecule has 9 heteroatoms. The van der Waals surface area contributed by atoms with Crippen LogP contribution in [0.2, 0.25) is 0 Å². The molecule has 0 fully saturated rings. The fourth-order valence-corrected chi connectivity index (χ4v) is 3.91. The minimum Gasteiger partial charge on any atom is -0.748 e. The van der Waals surface area contributed by atoms with Crippen LogP contribution in [0.4, 0.5) is 0 Å². The van der Waals surface area contributed by atoms with Crippen molar-refractivity contribution >= 4 is 10.1 Å². The number of unbranched alkanes of at least 4 members (excludes halogenated alkanes) is 13. The molecule has 0 aromatic rings. The molecular weight excluding hydrogens is 443 g/mol. The van der Waals surface area contributed by atoms with Gasteiger partial charge in [-0.3, -0.25) is 0 Å². The van der Waals surface area contributed by atoms with E-state index < -0.39 is 22.0 Å². The van der Waals surface area contributed by atoms with E-state index in [0.29, 0.717) is 19.8 Å². The van der Waals surface area contributed by atoms with Crippen LogP contribution < -0.4 is 29.6 Å². The third-order valence-electron chi connectivity index (χ3n) is 5.09. The second-order valence-corrected chi connectivity index (χ2v) is 9.72. The summed E-state index contributed by atoms with van der Waals surface area (Å²) in [6, 6.07) is 0. The van der Waals surface area contributed by atoms with Crippen LogP contribution in [0, 0.1) is 0 Å². The number of aliphatic hydroxyl groups is 1. The number of hydrogen-bond donors (Lipinski definition) is 1. The van der Waals surface area contributed by atoms with Crippen LogP contribution in [0.5, 0.6) is 0 Å². The topological polar surface area (TPSA) is 105 Å². The molecule has 1 atom stereocenters. The van der Waals surface area contributed by atoms with Crippen molar-refractivity contribution in [1.29, 1.82) is 0 Å². The first-order valence-corrected chi connectivity index (χ1v) is 13.9. The Kier molecular flexibility index (Phi) is 28.8. The van der Waals surface area contributed by atoms with E-state index in [1.165, 1.54) is 83.5 Å². The fourth-order valence-electron chi connectivity index (χ4n) is 3.34. The SMILES string of the molecule is CCCCCCCCCCCCCCCCOCCOCCOCC(O)CS(=O)(=O)[O-].[Na+]. The summed E-state index contributed by atoms with van der Waals surface area (Å²) in [4.78, 5) is 0. The molecule has 0 radical (unpaired) electrons. The van der Waals surface area contributed by atoms with Crippen molar-refractivity contribution in [3.8, 4) is 0 Å². The number of rotatable bonds is 25. The molecule has 0 amide bonds. The Morgan fingerprint density at radius 1 is 0.656 bits per heavy atom. The predicted octanol–water partition coefficient (Wildman–Crippen LogP) is 1.43. The second kappa shape index (κ2) is 26.4. The van der Waals surface area contributed by atoms with Gasteiger partial charge < -0.3 is 23.9 Å². The summed E-state index contributed by atoms with van der Waals surface area (Å²) in [6.07, 6.45) is 17.5. The average molecular weight is 491 g/mol. The molecule has 7 nitrogen and oxygen atoms in total. The Hall–Kier alpha value is 0.750. The van der Waals surface area contributed by atoms with Crippen molar-refractivity contribution < 1.29 is 61.8 Å². The van der Waals surface area contributed by atoms with Crippen LogP contribution in [0.1, 0.15) is 96.8 Å². The van der Waals surface area contributed by atoms with E-state index in [-0.39, 0.29) is 42.8 Å². The van der Waals surface area contributed by atoms with E-state index in [4.69, 9.17) is 14.2 Å². The van der Waals surface area contributed by atoms with Gasteiger partial charge in [-0.05, 0) is 6.42 Å². The summed E-state index contributed by atoms with van der Waals surface area (Å²) < 4.78 is 47.3. The summed E-state index contributed by atoms with van der Waals surface area (Å²) in [7, 11) is -4.43. The maximum absolute atomic E-state index is 10.5. The van der Waals surface area contributed by atoms with Crippen molar-refractivity contribution in [3.05, 3.63) is 0 Å². The Bertz CT molecular complexity index is 463. The smallest absolute Gasteiger partial charge is 0.748 e. The largest absolute Gasteiger partial charge is 1.00 e. The predicted molar refractivity (Wildman–Crippen MR) is 123 cm³/mol. The van der Waals surface area contributed by atoms with E-state index in [9.17, 15) is 18.1 Å². The molecule has 0 aromatic heterocycles. The molecule has 0 saturated carbocycles. The number of aliphatic hydroxyl groups excluding tert-OH is 1. The zero-order chi connectivity index (χ0) is 23.0. The molecule has 0 aromatic carbocycles. The van der Waals surface area contributed by atoms with Crippen LogP contribution in [0.3, 0.4) is 0 Å². The minimum absolute atomic E-state index is 0. The zero-order valence-electron chi connectivity index (χ0n) is 20.7. The quantitative estimate of drug-likeness (QED) is 0.117. The Morgan fingerprint density at radius 2 is 1.03 bits per heavy atom. The van der Waals surface area contributed by atoms with E-state index in [2.05, 4.69) is 6.92 Å². The zero-order valence-corrected chi connectivity index (χ0v) is 23.5. The van der Waals surface area contributed by atoms with E-state index in [0.717, 1.165) is 13.0 Å². The molecule has 0 spiro atoms. The van der Waals surface area contributed by atoms with Crippen molar-refractivity contribution in [1.82, 2.24) is 0 Å². The maximum atomic E-state index is 10.5. The monoisotopic (exact) mass is 490 g/mol. The molecule has 188 valence electrons. The molecule has 0 heterocycles. The van der Waals surface area contributed by atoms with Crippen LogP contribution in [0.15, 0.2) is 0 Å². The summed E-state index contributed by atoms with van der Waals surface area (Å²) in [5.74, 6) is -0.832. The van der Waals surface area contributed by atoms with Crippen LogP contribution in [0.25, 0.3) is 0 Å². The minimum atomic E-state index is -4.43. The number of hydrogen-bond acceptors (Lipinski definition) is 7. The Morgan fingerprint density at radius 3 is 1.47 bits per heavy atom. The molecule has 0 aliphatic rings. The van der Waals surface area contributed by atoms with E-state index in [1.807, 2.05) is 0 Å². The van der Waals surface area contributed by atoms with Gasteiger partial charge in [0.2, 0.25) is 0 Å². The summed E-state index contributed by atoms with van der Waals surface area (Å²) in [6.45, 7) is 4.40. The third-order valence-corrected chi connectivity index (χ3v) is 5.89. The first-order chi connectivity index (χ1) is 15.0. The van der Waals surface area contributed by atoms with Gasteiger partial charge in [-0.1, -0.05) is 90.4 Å². The fraction of sp³-hybridized carbons (Fsp3) is 1.00. The molecular formula is C23H47NaO7S. The summed E-state index contributed by atoms with van der Waals surface area (Å²) in [5, 5.41) is 9.29. The van der Waals surface area contributed by atoms with Gasteiger partial charge in [0.15, 0.2) is 0 Å². The van der Waals surface area contributed by atoms with Gasteiger partial charge in [0.05, 0.1) is 55.0 Å². The molecule has 0 aliphatic heterocycles. The Labute approximate surface area is 219 Å². The molecule has 0 bridgehead atoms. The van der Waals surface area contributed by atoms with Gasteiger partial charge in [0.1, 0.15) is 0 Å². The molecule has 0 aliphatic carbocycles. The van der Waals surface area contributed by atoms with Gasteiger partial charge in [0, 0.05) is 6.61 Å². The van der Waals surface area contributed by atoms with Gasteiger partial charge in [-0.25, -0.2) is 8.42 Å². The van der Waals surface area contributed by atoms with E-state index >= 15 is 0 Å². The van der Waals surface area contributed by atoms with Crippen molar-refractivity contribution in [3.63, 3.8) is 0 Å². The molecule has 0 rings (SSSR count). The van der Waals surface area contributed by atoms with Crippen LogP contribution in [-0.4, -0.2) is 69.6 Å². The van der Waals surface area contributed by atoms with Gasteiger partial charge in [-0.15, -0.1) is 0 Å². The third kappa shape index (κ3) is 30.8. The Balaban J connectivity index is 0. The molecule has 1 N–H and O–H groups in total. The van der Waals surface area contributed by atoms with Crippen molar-refractivity contribution in [2.45, 2.75) is 103 Å². The van der Waals surface area contributed by atoms with Crippen molar-refractivity contribution in [2.24, 2.45) is 0 Å². The van der Waals surface area contributed by atoms with Gasteiger partial charge in [0.25, 0.3) is 0 Å². The standard InChI is InChI=1S/C23H48O7S.Na/c1-2-3-4-5-6-7-8-9-10-11-12-13-14-15-16-28-17-18-29-19-20-30-21-23(24)22-31(25,26)27;/h23-24H,2-22H2,1H3,(H,25,26,27);/q;+1/p-1. The summed E-state index contributed by atoms with van der Waals surface area (Å²) in [5.41, 5.74) is 0. The normalized spacial score (nSPS) is 12.6. The molecule has 0 saturated heterocycles. The van der Waals surface area contributed by atoms with Crippen LogP contribution >= 0.6 is 0 Å². The molecule has 32 heavy (non-hydrogen) atoms. The molecule has 1 unspecified atom stereocenters. The second-order valence-electron chi connectivity index (χ2n) is 8.27. The number of ether oxygens (including phenoxy) is 3. The average Bonchev–Trinajstić information content (AvgIpc) is 2.70. The van der Waals surface area contributed by atoms with Crippen LogP contribution in [-0.2, 0) is 24.3 Å². The van der Waals surface area contributed by atoms with Gasteiger partial charge in [-0.2, -0.15) is 0 Å². The first kappa shape index (κ1) is 34.9. The van der Waals surface area contributed by atoms with Crippen molar-refractivity contribution in [2.75, 3.05) is 45.4 Å².